The predicted octanol–water partition coefficient (Wildman–Crippen LogP) is 0.948. The third-order valence-corrected chi connectivity index (χ3v) is 2.55. The Labute approximate surface area is 84.0 Å². The highest BCUT2D eigenvalue weighted by atomic mass is 32.2. The normalized spacial score (nSPS) is 21.5. The van der Waals surface area contributed by atoms with Gasteiger partial charge in [0.05, 0.1) is 6.26 Å². The fourth-order valence-electron chi connectivity index (χ4n) is 1.34. The first-order chi connectivity index (χ1) is 6.31. The molecule has 0 saturated carbocycles. The lowest BCUT2D eigenvalue weighted by Crippen LogP contribution is -2.33. The summed E-state index contributed by atoms with van der Waals surface area (Å²) in [5, 5.41) is 9.77. The quantitative estimate of drug-likeness (QED) is 0.566. The topological polar surface area (TPSA) is 63.6 Å². The van der Waals surface area contributed by atoms with Crippen LogP contribution >= 0.6 is 0 Å². The SMILES string of the molecule is CC(O)(OS(C)(=O)=O)C1=CC=CCC1. The van der Waals surface area contributed by atoms with Gasteiger partial charge in [0.15, 0.2) is 0 Å². The average molecular weight is 218 g/mol. The van der Waals surface area contributed by atoms with Gasteiger partial charge in [0.1, 0.15) is 0 Å². The molecule has 1 atom stereocenters. The Balaban J connectivity index is 2.84. The van der Waals surface area contributed by atoms with E-state index in [-0.39, 0.29) is 0 Å². The van der Waals surface area contributed by atoms with Crippen LogP contribution in [-0.2, 0) is 14.3 Å². The number of rotatable bonds is 3. The molecule has 4 nitrogen and oxygen atoms in total. The lowest BCUT2D eigenvalue weighted by atomic mass is 9.98. The highest BCUT2D eigenvalue weighted by Crippen LogP contribution is 2.26. The molecule has 0 aromatic carbocycles. The molecule has 0 heterocycles. The molecule has 0 bridgehead atoms. The summed E-state index contributed by atoms with van der Waals surface area (Å²) in [6.07, 6.45) is 7.71. The fourth-order valence-corrected chi connectivity index (χ4v) is 2.03. The standard InChI is InChI=1S/C9H14O4S/c1-9(10,13-14(2,11)12)8-6-4-3-5-7-8/h3-4,6,10H,5,7H2,1-2H3. The molecule has 0 aromatic rings. The highest BCUT2D eigenvalue weighted by molar-refractivity contribution is 7.86. The predicted molar refractivity (Wildman–Crippen MR) is 53.0 cm³/mol. The van der Waals surface area contributed by atoms with Crippen molar-refractivity contribution in [1.29, 1.82) is 0 Å². The Hall–Kier alpha value is -0.650. The second kappa shape index (κ2) is 3.84. The largest absolute Gasteiger partial charge is 0.361 e. The van der Waals surface area contributed by atoms with Gasteiger partial charge in [0.25, 0.3) is 10.1 Å². The minimum absolute atomic E-state index is 0.574. The van der Waals surface area contributed by atoms with Crippen molar-refractivity contribution in [1.82, 2.24) is 0 Å². The minimum atomic E-state index is -3.65. The van der Waals surface area contributed by atoms with Crippen LogP contribution in [0.25, 0.3) is 0 Å². The zero-order chi connectivity index (χ0) is 10.8. The molecular formula is C9H14O4S. The van der Waals surface area contributed by atoms with Crippen LogP contribution in [0.3, 0.4) is 0 Å². The van der Waals surface area contributed by atoms with Gasteiger partial charge in [-0.25, -0.2) is 4.18 Å². The first-order valence-electron chi connectivity index (χ1n) is 4.30. The molecule has 0 aliphatic heterocycles. The molecule has 5 heteroatoms. The van der Waals surface area contributed by atoms with E-state index in [4.69, 9.17) is 0 Å². The van der Waals surface area contributed by atoms with Crippen LogP contribution in [0.1, 0.15) is 19.8 Å². The lowest BCUT2D eigenvalue weighted by molar-refractivity contribution is -0.0847. The average Bonchev–Trinajstić information content (AvgIpc) is 2.01. The number of hydrogen-bond donors (Lipinski definition) is 1. The van der Waals surface area contributed by atoms with Gasteiger partial charge in [0.2, 0.25) is 5.79 Å². The van der Waals surface area contributed by atoms with Gasteiger partial charge in [-0.15, -0.1) is 0 Å². The molecule has 0 fully saturated rings. The molecular weight excluding hydrogens is 204 g/mol. The molecule has 14 heavy (non-hydrogen) atoms. The summed E-state index contributed by atoms with van der Waals surface area (Å²) in [6.45, 7) is 1.33. The summed E-state index contributed by atoms with van der Waals surface area (Å²) in [4.78, 5) is 0. The van der Waals surface area contributed by atoms with Crippen LogP contribution in [0.4, 0.5) is 0 Å². The van der Waals surface area contributed by atoms with E-state index in [0.29, 0.717) is 12.0 Å². The molecule has 1 N–H and O–H groups in total. The van der Waals surface area contributed by atoms with E-state index in [2.05, 4.69) is 4.18 Å². The van der Waals surface area contributed by atoms with Crippen molar-refractivity contribution in [2.45, 2.75) is 25.6 Å². The Morgan fingerprint density at radius 1 is 1.57 bits per heavy atom. The van der Waals surface area contributed by atoms with Gasteiger partial charge in [-0.05, 0) is 25.3 Å². The van der Waals surface area contributed by atoms with E-state index in [1.807, 2.05) is 6.08 Å². The van der Waals surface area contributed by atoms with Crippen molar-refractivity contribution in [2.24, 2.45) is 0 Å². The summed E-state index contributed by atoms with van der Waals surface area (Å²) >= 11 is 0. The van der Waals surface area contributed by atoms with Gasteiger partial charge in [0, 0.05) is 0 Å². The van der Waals surface area contributed by atoms with Crippen molar-refractivity contribution in [3.63, 3.8) is 0 Å². The molecule has 0 spiro atoms. The van der Waals surface area contributed by atoms with Crippen molar-refractivity contribution >= 4 is 10.1 Å². The van der Waals surface area contributed by atoms with Crippen molar-refractivity contribution < 1.29 is 17.7 Å². The Morgan fingerprint density at radius 3 is 2.64 bits per heavy atom. The smallest absolute Gasteiger partial charge is 0.267 e. The zero-order valence-corrected chi connectivity index (χ0v) is 9.04. The van der Waals surface area contributed by atoms with E-state index >= 15 is 0 Å². The first-order valence-corrected chi connectivity index (χ1v) is 6.12. The molecule has 0 aromatic heterocycles. The Bertz CT molecular complexity index is 362. The van der Waals surface area contributed by atoms with Gasteiger partial charge in [-0.1, -0.05) is 18.2 Å². The molecule has 1 aliphatic carbocycles. The van der Waals surface area contributed by atoms with Crippen molar-refractivity contribution in [3.8, 4) is 0 Å². The summed E-state index contributed by atoms with van der Waals surface area (Å²) in [5.74, 6) is -1.72. The highest BCUT2D eigenvalue weighted by Gasteiger charge is 2.30. The second-order valence-electron chi connectivity index (χ2n) is 3.43. The number of allylic oxidation sites excluding steroid dienone is 3. The van der Waals surface area contributed by atoms with Gasteiger partial charge in [-0.3, -0.25) is 0 Å². The fraction of sp³-hybridized carbons (Fsp3) is 0.556. The summed E-state index contributed by atoms with van der Waals surface area (Å²) in [6, 6.07) is 0. The van der Waals surface area contributed by atoms with Gasteiger partial charge < -0.3 is 5.11 Å². The minimum Gasteiger partial charge on any atom is -0.361 e. The van der Waals surface area contributed by atoms with E-state index in [9.17, 15) is 13.5 Å². The van der Waals surface area contributed by atoms with Crippen LogP contribution in [0, 0.1) is 0 Å². The molecule has 1 rings (SSSR count). The van der Waals surface area contributed by atoms with Crippen LogP contribution in [0.2, 0.25) is 0 Å². The maximum absolute atomic E-state index is 10.9. The third-order valence-electron chi connectivity index (χ3n) is 1.92. The van der Waals surface area contributed by atoms with E-state index < -0.39 is 15.9 Å². The maximum atomic E-state index is 10.9. The van der Waals surface area contributed by atoms with Crippen LogP contribution < -0.4 is 0 Å². The summed E-state index contributed by atoms with van der Waals surface area (Å²) in [7, 11) is -3.65. The monoisotopic (exact) mass is 218 g/mol. The van der Waals surface area contributed by atoms with Gasteiger partial charge in [-0.2, -0.15) is 8.42 Å². The second-order valence-corrected chi connectivity index (χ2v) is 5.00. The molecule has 0 saturated heterocycles. The number of hydrogen-bond acceptors (Lipinski definition) is 4. The van der Waals surface area contributed by atoms with Crippen molar-refractivity contribution in [2.75, 3.05) is 6.26 Å². The lowest BCUT2D eigenvalue weighted by Gasteiger charge is -2.26. The molecule has 0 radical (unpaired) electrons. The first kappa shape index (κ1) is 11.4. The Morgan fingerprint density at radius 2 is 2.21 bits per heavy atom. The van der Waals surface area contributed by atoms with Gasteiger partial charge >= 0.3 is 0 Å². The summed E-state index contributed by atoms with van der Waals surface area (Å²) in [5.41, 5.74) is 0.574. The zero-order valence-electron chi connectivity index (χ0n) is 8.23. The molecule has 80 valence electrons. The van der Waals surface area contributed by atoms with E-state index in [1.54, 1.807) is 12.2 Å². The van der Waals surface area contributed by atoms with Crippen LogP contribution in [-0.4, -0.2) is 25.6 Å². The van der Waals surface area contributed by atoms with E-state index in [1.165, 1.54) is 6.92 Å². The summed E-state index contributed by atoms with van der Waals surface area (Å²) < 4.78 is 26.3. The van der Waals surface area contributed by atoms with Crippen molar-refractivity contribution in [3.05, 3.63) is 23.8 Å². The maximum Gasteiger partial charge on any atom is 0.267 e. The molecule has 0 amide bonds. The molecule has 1 aliphatic rings. The molecule has 1 unspecified atom stereocenters. The third kappa shape index (κ3) is 3.25. The Kier molecular flexibility index (Phi) is 3.14. The van der Waals surface area contributed by atoms with E-state index in [0.717, 1.165) is 12.7 Å². The van der Waals surface area contributed by atoms with Crippen LogP contribution in [0.5, 0.6) is 0 Å². The number of aliphatic hydroxyl groups is 1. The van der Waals surface area contributed by atoms with Crippen LogP contribution in [0.15, 0.2) is 23.8 Å².